The van der Waals surface area contributed by atoms with Gasteiger partial charge in [-0.15, -0.1) is 15.3 Å². The number of fused-ring (bicyclic) bond motifs is 1. The van der Waals surface area contributed by atoms with Crippen molar-refractivity contribution in [2.75, 3.05) is 27.4 Å². The van der Waals surface area contributed by atoms with Crippen LogP contribution in [0.15, 0.2) is 53.4 Å². The Morgan fingerprint density at radius 1 is 0.971 bits per heavy atom. The first-order valence-corrected chi connectivity index (χ1v) is 12.0. The number of aryl methyl sites for hydroxylation is 2. The zero-order chi connectivity index (χ0) is 24.3. The molecule has 0 aliphatic rings. The zero-order valence-electron chi connectivity index (χ0n) is 19.3. The van der Waals surface area contributed by atoms with Crippen LogP contribution in [0.4, 0.5) is 0 Å². The van der Waals surface area contributed by atoms with E-state index < -0.39 is 10.0 Å². The normalized spacial score (nSPS) is 11.5. The zero-order valence-corrected chi connectivity index (χ0v) is 20.1. The van der Waals surface area contributed by atoms with Crippen LogP contribution in [0.1, 0.15) is 11.1 Å². The van der Waals surface area contributed by atoms with Crippen LogP contribution < -0.4 is 18.9 Å². The Kier molecular flexibility index (Phi) is 6.66. The van der Waals surface area contributed by atoms with E-state index in [9.17, 15) is 8.42 Å². The fourth-order valence-corrected chi connectivity index (χ4v) is 4.58. The summed E-state index contributed by atoms with van der Waals surface area (Å²) in [6.45, 7) is 3.86. The van der Waals surface area contributed by atoms with Crippen molar-refractivity contribution in [3.63, 3.8) is 0 Å². The predicted molar refractivity (Wildman–Crippen MR) is 126 cm³/mol. The van der Waals surface area contributed by atoms with Crippen LogP contribution in [0.25, 0.3) is 17.0 Å². The predicted octanol–water partition coefficient (Wildman–Crippen LogP) is 2.78. The molecule has 0 amide bonds. The van der Waals surface area contributed by atoms with Gasteiger partial charge in [-0.2, -0.15) is 4.52 Å². The van der Waals surface area contributed by atoms with E-state index in [1.54, 1.807) is 35.9 Å². The number of sulfonamides is 1. The van der Waals surface area contributed by atoms with Gasteiger partial charge in [0.1, 0.15) is 23.0 Å². The van der Waals surface area contributed by atoms with Gasteiger partial charge in [0.15, 0.2) is 11.5 Å². The summed E-state index contributed by atoms with van der Waals surface area (Å²) in [6.07, 6.45) is 0. The highest BCUT2D eigenvalue weighted by molar-refractivity contribution is 7.89. The highest BCUT2D eigenvalue weighted by Gasteiger charge is 2.20. The van der Waals surface area contributed by atoms with Crippen molar-refractivity contribution in [2.45, 2.75) is 18.7 Å². The molecular formula is C23H25N5O5S. The Bertz CT molecular complexity index is 1440. The summed E-state index contributed by atoms with van der Waals surface area (Å²) in [5.74, 6) is 1.82. The first-order chi connectivity index (χ1) is 16.3. The summed E-state index contributed by atoms with van der Waals surface area (Å²) in [4.78, 5) is 0.0880. The average molecular weight is 484 g/mol. The lowest BCUT2D eigenvalue weighted by Crippen LogP contribution is -2.29. The number of methoxy groups -OCH3 is 2. The van der Waals surface area contributed by atoms with E-state index in [2.05, 4.69) is 20.0 Å². The van der Waals surface area contributed by atoms with Crippen LogP contribution in [0, 0.1) is 13.8 Å². The van der Waals surface area contributed by atoms with Crippen LogP contribution in [-0.2, 0) is 10.0 Å². The van der Waals surface area contributed by atoms with Crippen LogP contribution >= 0.6 is 0 Å². The molecule has 0 unspecified atom stereocenters. The number of benzene rings is 2. The molecule has 10 nitrogen and oxygen atoms in total. The average Bonchev–Trinajstić information content (AvgIpc) is 3.26. The number of hydrogen-bond donors (Lipinski definition) is 1. The van der Waals surface area contributed by atoms with Crippen molar-refractivity contribution < 1.29 is 22.6 Å². The molecule has 2 aromatic carbocycles. The second-order valence-electron chi connectivity index (χ2n) is 7.53. The van der Waals surface area contributed by atoms with E-state index in [-0.39, 0.29) is 18.0 Å². The molecule has 1 N–H and O–H groups in total. The van der Waals surface area contributed by atoms with Crippen molar-refractivity contribution in [3.05, 3.63) is 59.7 Å². The van der Waals surface area contributed by atoms with E-state index in [1.165, 1.54) is 7.11 Å². The number of hydrogen-bond acceptors (Lipinski definition) is 8. The first-order valence-electron chi connectivity index (χ1n) is 10.5. The van der Waals surface area contributed by atoms with E-state index in [0.717, 1.165) is 16.7 Å². The van der Waals surface area contributed by atoms with E-state index in [0.29, 0.717) is 28.9 Å². The molecule has 4 aromatic rings. The Morgan fingerprint density at radius 3 is 2.53 bits per heavy atom. The van der Waals surface area contributed by atoms with Gasteiger partial charge in [-0.25, -0.2) is 13.1 Å². The summed E-state index contributed by atoms with van der Waals surface area (Å²) < 4.78 is 45.9. The van der Waals surface area contributed by atoms with Crippen molar-refractivity contribution in [1.82, 2.24) is 24.5 Å². The van der Waals surface area contributed by atoms with E-state index >= 15 is 0 Å². The second kappa shape index (κ2) is 9.65. The minimum atomic E-state index is -3.78. The van der Waals surface area contributed by atoms with Crippen LogP contribution in [0.3, 0.4) is 0 Å². The molecule has 0 atom stereocenters. The van der Waals surface area contributed by atoms with Gasteiger partial charge in [-0.3, -0.25) is 0 Å². The third-order valence-electron chi connectivity index (χ3n) is 5.28. The number of nitrogens with zero attached hydrogens (tertiary/aromatic N) is 4. The quantitative estimate of drug-likeness (QED) is 0.361. The van der Waals surface area contributed by atoms with Crippen LogP contribution in [0.2, 0.25) is 0 Å². The van der Waals surface area contributed by atoms with E-state index in [1.807, 2.05) is 38.1 Å². The van der Waals surface area contributed by atoms with Crippen LogP contribution in [0.5, 0.6) is 17.4 Å². The molecule has 0 fully saturated rings. The van der Waals surface area contributed by atoms with Gasteiger partial charge in [0.2, 0.25) is 15.9 Å². The molecule has 0 saturated carbocycles. The SMILES string of the molecule is COc1cccc(-c2nnc3ccc(OCCNS(=O)(=O)c4cc(C)c(C)cc4OC)nn23)c1. The lowest BCUT2D eigenvalue weighted by Gasteiger charge is -2.13. The minimum Gasteiger partial charge on any atom is -0.497 e. The summed E-state index contributed by atoms with van der Waals surface area (Å²) in [6, 6.07) is 14.1. The smallest absolute Gasteiger partial charge is 0.244 e. The summed E-state index contributed by atoms with van der Waals surface area (Å²) in [5, 5.41) is 12.8. The number of ether oxygens (including phenoxy) is 3. The van der Waals surface area contributed by atoms with Crippen molar-refractivity contribution >= 4 is 15.7 Å². The fraction of sp³-hybridized carbons (Fsp3) is 0.261. The summed E-state index contributed by atoms with van der Waals surface area (Å²) in [7, 11) is -0.748. The summed E-state index contributed by atoms with van der Waals surface area (Å²) >= 11 is 0. The molecule has 4 rings (SSSR count). The number of nitrogens with one attached hydrogen (secondary N) is 1. The molecule has 0 aliphatic heterocycles. The number of aromatic nitrogens is 4. The molecule has 2 heterocycles. The third kappa shape index (κ3) is 4.80. The Hall–Kier alpha value is -3.70. The Morgan fingerprint density at radius 2 is 1.76 bits per heavy atom. The maximum Gasteiger partial charge on any atom is 0.244 e. The van der Waals surface area contributed by atoms with Crippen LogP contribution in [-0.4, -0.2) is 55.6 Å². The standard InChI is InChI=1S/C23H25N5O5S/c1-15-12-19(32-4)20(13-16(15)2)34(29,30)24-10-11-33-22-9-8-21-25-26-23(28(21)27-22)17-6-5-7-18(14-17)31-3/h5-9,12-14,24H,10-11H2,1-4H3. The number of rotatable bonds is 9. The molecule has 0 spiro atoms. The monoisotopic (exact) mass is 483 g/mol. The van der Waals surface area contributed by atoms with Gasteiger partial charge in [-0.05, 0) is 55.3 Å². The first kappa shape index (κ1) is 23.5. The van der Waals surface area contributed by atoms with Gasteiger partial charge in [0.05, 0.1) is 14.2 Å². The molecule has 0 aliphatic carbocycles. The third-order valence-corrected chi connectivity index (χ3v) is 6.76. The summed E-state index contributed by atoms with van der Waals surface area (Å²) in [5.41, 5.74) is 3.14. The topological polar surface area (TPSA) is 117 Å². The molecule has 0 bridgehead atoms. The second-order valence-corrected chi connectivity index (χ2v) is 9.27. The fourth-order valence-electron chi connectivity index (χ4n) is 3.33. The van der Waals surface area contributed by atoms with Crippen molar-refractivity contribution in [2.24, 2.45) is 0 Å². The molecule has 2 aromatic heterocycles. The largest absolute Gasteiger partial charge is 0.497 e. The van der Waals surface area contributed by atoms with Gasteiger partial charge in [0.25, 0.3) is 0 Å². The lowest BCUT2D eigenvalue weighted by atomic mass is 10.1. The maximum absolute atomic E-state index is 12.8. The minimum absolute atomic E-state index is 0.0447. The molecule has 0 radical (unpaired) electrons. The van der Waals surface area contributed by atoms with Gasteiger partial charge in [-0.1, -0.05) is 12.1 Å². The molecule has 34 heavy (non-hydrogen) atoms. The maximum atomic E-state index is 12.8. The highest BCUT2D eigenvalue weighted by Crippen LogP contribution is 2.27. The van der Waals surface area contributed by atoms with Crippen molar-refractivity contribution in [1.29, 1.82) is 0 Å². The Labute approximate surface area is 197 Å². The molecular weight excluding hydrogens is 458 g/mol. The van der Waals surface area contributed by atoms with Gasteiger partial charge in [0, 0.05) is 18.2 Å². The van der Waals surface area contributed by atoms with Crippen molar-refractivity contribution in [3.8, 4) is 28.8 Å². The molecule has 0 saturated heterocycles. The molecule has 178 valence electrons. The lowest BCUT2D eigenvalue weighted by molar-refractivity contribution is 0.305. The van der Waals surface area contributed by atoms with Gasteiger partial charge >= 0.3 is 0 Å². The van der Waals surface area contributed by atoms with E-state index in [4.69, 9.17) is 14.2 Å². The molecule has 11 heteroatoms. The highest BCUT2D eigenvalue weighted by atomic mass is 32.2. The Balaban J connectivity index is 1.46. The van der Waals surface area contributed by atoms with Gasteiger partial charge < -0.3 is 14.2 Å².